The molecule has 20 heavy (non-hydrogen) atoms. The van der Waals surface area contributed by atoms with Crippen molar-refractivity contribution in [2.24, 2.45) is 0 Å². The molecule has 1 heterocycles. The average Bonchev–Trinajstić information content (AvgIpc) is 2.46. The molecule has 0 saturated heterocycles. The molecular weight excluding hydrogens is 383 g/mol. The van der Waals surface area contributed by atoms with Crippen molar-refractivity contribution in [3.05, 3.63) is 62.4 Å². The zero-order chi connectivity index (χ0) is 14.4. The standard InChI is InChI=1S/C16H18ClIN2/c1-2-8-20-16(12-3-5-14(18)6-4-12)10-13-7-9-19-11-15(13)17/h3-7,9,11,16,20H,2,8,10H2,1H3. The smallest absolute Gasteiger partial charge is 0.0622 e. The van der Waals surface area contributed by atoms with Gasteiger partial charge in [0, 0.05) is 22.0 Å². The van der Waals surface area contributed by atoms with Crippen molar-refractivity contribution in [3.8, 4) is 0 Å². The fourth-order valence-electron chi connectivity index (χ4n) is 2.11. The van der Waals surface area contributed by atoms with Crippen molar-refractivity contribution in [3.63, 3.8) is 0 Å². The molecule has 2 aromatic rings. The molecule has 1 unspecified atom stereocenters. The van der Waals surface area contributed by atoms with Gasteiger partial charge in [0.05, 0.1) is 5.02 Å². The topological polar surface area (TPSA) is 24.9 Å². The number of hydrogen-bond donors (Lipinski definition) is 1. The Morgan fingerprint density at radius 3 is 2.65 bits per heavy atom. The van der Waals surface area contributed by atoms with Crippen LogP contribution in [0.2, 0.25) is 5.02 Å². The molecule has 0 radical (unpaired) electrons. The van der Waals surface area contributed by atoms with E-state index < -0.39 is 0 Å². The van der Waals surface area contributed by atoms with Crippen LogP contribution in [0.15, 0.2) is 42.7 Å². The highest BCUT2D eigenvalue weighted by atomic mass is 127. The first-order valence-electron chi connectivity index (χ1n) is 6.78. The van der Waals surface area contributed by atoms with Crippen LogP contribution in [0.25, 0.3) is 0 Å². The van der Waals surface area contributed by atoms with Gasteiger partial charge >= 0.3 is 0 Å². The highest BCUT2D eigenvalue weighted by Crippen LogP contribution is 2.23. The van der Waals surface area contributed by atoms with Crippen LogP contribution in [0, 0.1) is 3.57 Å². The molecular formula is C16H18ClIN2. The Kier molecular flexibility index (Phi) is 6.26. The average molecular weight is 401 g/mol. The number of nitrogens with zero attached hydrogens (tertiary/aromatic N) is 1. The summed E-state index contributed by atoms with van der Waals surface area (Å²) in [5.74, 6) is 0. The summed E-state index contributed by atoms with van der Waals surface area (Å²) in [6.07, 6.45) is 5.50. The molecule has 2 nitrogen and oxygen atoms in total. The molecule has 1 aromatic heterocycles. The highest BCUT2D eigenvalue weighted by Gasteiger charge is 2.13. The van der Waals surface area contributed by atoms with Gasteiger partial charge in [0.2, 0.25) is 0 Å². The van der Waals surface area contributed by atoms with Crippen molar-refractivity contribution in [1.29, 1.82) is 0 Å². The monoisotopic (exact) mass is 400 g/mol. The van der Waals surface area contributed by atoms with Crippen molar-refractivity contribution < 1.29 is 0 Å². The van der Waals surface area contributed by atoms with E-state index in [4.69, 9.17) is 11.6 Å². The van der Waals surface area contributed by atoms with Crippen LogP contribution in [0.4, 0.5) is 0 Å². The maximum absolute atomic E-state index is 6.22. The molecule has 0 bridgehead atoms. The van der Waals surface area contributed by atoms with Crippen LogP contribution in [0.1, 0.15) is 30.5 Å². The second kappa shape index (κ2) is 7.96. The van der Waals surface area contributed by atoms with E-state index in [9.17, 15) is 0 Å². The first kappa shape index (κ1) is 15.7. The van der Waals surface area contributed by atoms with Crippen molar-refractivity contribution >= 4 is 34.2 Å². The summed E-state index contributed by atoms with van der Waals surface area (Å²) >= 11 is 8.55. The summed E-state index contributed by atoms with van der Waals surface area (Å²) in [5.41, 5.74) is 2.43. The summed E-state index contributed by atoms with van der Waals surface area (Å²) in [5, 5.41) is 4.34. The molecule has 2 rings (SSSR count). The minimum absolute atomic E-state index is 0.284. The Balaban J connectivity index is 2.19. The van der Waals surface area contributed by atoms with Gasteiger partial charge in [0.15, 0.2) is 0 Å². The maximum Gasteiger partial charge on any atom is 0.0622 e. The predicted molar refractivity (Wildman–Crippen MR) is 93.1 cm³/mol. The molecule has 4 heteroatoms. The molecule has 1 atom stereocenters. The third-order valence-electron chi connectivity index (χ3n) is 3.19. The highest BCUT2D eigenvalue weighted by molar-refractivity contribution is 14.1. The molecule has 0 saturated carbocycles. The Hall–Kier alpha value is -0.650. The van der Waals surface area contributed by atoms with Gasteiger partial charge in [0.25, 0.3) is 0 Å². The van der Waals surface area contributed by atoms with Crippen LogP contribution < -0.4 is 5.32 Å². The number of hydrogen-bond acceptors (Lipinski definition) is 2. The number of benzene rings is 1. The number of nitrogens with one attached hydrogen (secondary N) is 1. The molecule has 1 aromatic carbocycles. The third-order valence-corrected chi connectivity index (χ3v) is 4.25. The van der Waals surface area contributed by atoms with E-state index in [1.165, 1.54) is 9.13 Å². The molecule has 0 amide bonds. The number of pyridine rings is 1. The molecule has 0 aliphatic carbocycles. The maximum atomic E-state index is 6.22. The molecule has 0 aliphatic rings. The first-order chi connectivity index (χ1) is 9.70. The van der Waals surface area contributed by atoms with E-state index in [0.717, 1.165) is 30.0 Å². The fourth-order valence-corrected chi connectivity index (χ4v) is 2.67. The van der Waals surface area contributed by atoms with E-state index in [-0.39, 0.29) is 6.04 Å². The Morgan fingerprint density at radius 2 is 2.00 bits per heavy atom. The van der Waals surface area contributed by atoms with Gasteiger partial charge < -0.3 is 5.32 Å². The Labute approximate surface area is 139 Å². The van der Waals surface area contributed by atoms with Gasteiger partial charge in [-0.1, -0.05) is 30.7 Å². The van der Waals surface area contributed by atoms with Crippen molar-refractivity contribution in [1.82, 2.24) is 10.3 Å². The normalized spacial score (nSPS) is 12.3. The lowest BCUT2D eigenvalue weighted by Gasteiger charge is -2.20. The van der Waals surface area contributed by atoms with Crippen molar-refractivity contribution in [2.75, 3.05) is 6.54 Å². The van der Waals surface area contributed by atoms with Gasteiger partial charge in [-0.15, -0.1) is 0 Å². The van der Waals surface area contributed by atoms with Crippen LogP contribution in [0.5, 0.6) is 0 Å². The lowest BCUT2D eigenvalue weighted by molar-refractivity contribution is 0.529. The Bertz CT molecular complexity index is 542. The van der Waals surface area contributed by atoms with E-state index in [1.807, 2.05) is 6.07 Å². The molecule has 0 fully saturated rings. The zero-order valence-electron chi connectivity index (χ0n) is 11.4. The van der Waals surface area contributed by atoms with Crippen LogP contribution in [-0.2, 0) is 6.42 Å². The SMILES string of the molecule is CCCNC(Cc1ccncc1Cl)c1ccc(I)cc1. The number of rotatable bonds is 6. The zero-order valence-corrected chi connectivity index (χ0v) is 14.4. The van der Waals surface area contributed by atoms with Gasteiger partial charge in [0.1, 0.15) is 0 Å². The summed E-state index contributed by atoms with van der Waals surface area (Å²) in [6.45, 7) is 3.18. The van der Waals surface area contributed by atoms with Crippen LogP contribution >= 0.6 is 34.2 Å². The van der Waals surface area contributed by atoms with E-state index in [2.05, 4.69) is 64.1 Å². The predicted octanol–water partition coefficient (Wildman–Crippen LogP) is 4.62. The van der Waals surface area contributed by atoms with Gasteiger partial charge in [-0.2, -0.15) is 0 Å². The minimum atomic E-state index is 0.284. The largest absolute Gasteiger partial charge is 0.310 e. The minimum Gasteiger partial charge on any atom is -0.310 e. The van der Waals surface area contributed by atoms with E-state index >= 15 is 0 Å². The van der Waals surface area contributed by atoms with Gasteiger partial charge in [-0.05, 0) is 71.3 Å². The second-order valence-corrected chi connectivity index (χ2v) is 6.38. The van der Waals surface area contributed by atoms with E-state index in [1.54, 1.807) is 12.4 Å². The van der Waals surface area contributed by atoms with Crippen LogP contribution in [0.3, 0.4) is 0 Å². The van der Waals surface area contributed by atoms with Gasteiger partial charge in [-0.3, -0.25) is 4.98 Å². The summed E-state index contributed by atoms with van der Waals surface area (Å²) in [7, 11) is 0. The number of halogens is 2. The first-order valence-corrected chi connectivity index (χ1v) is 8.23. The number of aromatic nitrogens is 1. The van der Waals surface area contributed by atoms with E-state index in [0.29, 0.717) is 0 Å². The summed E-state index contributed by atoms with van der Waals surface area (Å²) < 4.78 is 1.25. The fraction of sp³-hybridized carbons (Fsp3) is 0.312. The third kappa shape index (κ3) is 4.43. The summed E-state index contributed by atoms with van der Waals surface area (Å²) in [4.78, 5) is 4.05. The lowest BCUT2D eigenvalue weighted by atomic mass is 9.99. The molecule has 0 spiro atoms. The Morgan fingerprint density at radius 1 is 1.25 bits per heavy atom. The molecule has 0 aliphatic heterocycles. The second-order valence-electron chi connectivity index (χ2n) is 4.73. The molecule has 1 N–H and O–H groups in total. The molecule has 106 valence electrons. The van der Waals surface area contributed by atoms with Crippen molar-refractivity contribution in [2.45, 2.75) is 25.8 Å². The summed E-state index contributed by atoms with van der Waals surface area (Å²) in [6, 6.07) is 10.9. The lowest BCUT2D eigenvalue weighted by Crippen LogP contribution is -2.24. The van der Waals surface area contributed by atoms with Crippen LogP contribution in [-0.4, -0.2) is 11.5 Å². The van der Waals surface area contributed by atoms with Gasteiger partial charge in [-0.25, -0.2) is 0 Å². The quantitative estimate of drug-likeness (QED) is 0.716.